The van der Waals surface area contributed by atoms with Crippen LogP contribution in [0.1, 0.15) is 47.2 Å². The quantitative estimate of drug-likeness (QED) is 0.511. The van der Waals surface area contributed by atoms with E-state index in [1.807, 2.05) is 25.1 Å². The molecule has 0 N–H and O–H groups in total. The zero-order chi connectivity index (χ0) is 19.9. The van der Waals surface area contributed by atoms with E-state index in [0.717, 1.165) is 22.3 Å². The van der Waals surface area contributed by atoms with Gasteiger partial charge in [0.25, 0.3) is 0 Å². The molecule has 146 valence electrons. The van der Waals surface area contributed by atoms with E-state index in [1.165, 1.54) is 6.20 Å². The van der Waals surface area contributed by atoms with Crippen molar-refractivity contribution in [3.8, 4) is 11.1 Å². The molecule has 3 nitrogen and oxygen atoms in total. The second kappa shape index (κ2) is 7.27. The van der Waals surface area contributed by atoms with Gasteiger partial charge in [-0.1, -0.05) is 41.5 Å². The summed E-state index contributed by atoms with van der Waals surface area (Å²) in [5, 5.41) is 2.35. The van der Waals surface area contributed by atoms with E-state index in [9.17, 15) is 4.39 Å². The third kappa shape index (κ3) is 3.06. The van der Waals surface area contributed by atoms with E-state index in [-0.39, 0.29) is 5.82 Å². The fraction of sp³-hybridized carbons (Fsp3) is 0.455. The molecule has 0 radical (unpaired) electrons. The van der Waals surface area contributed by atoms with Crippen LogP contribution in [0.15, 0.2) is 36.8 Å². The SMILES string of the molecule is Cc1cc(-c2c(F)cnc3c2ccn3S(C(C)C)(C(C)C)C(C)C)ccn1. The number of pyridine rings is 2. The van der Waals surface area contributed by atoms with Crippen LogP contribution in [0.3, 0.4) is 0 Å². The number of hydrogen-bond acceptors (Lipinski definition) is 2. The third-order valence-corrected chi connectivity index (χ3v) is 10.9. The van der Waals surface area contributed by atoms with Crippen molar-refractivity contribution < 1.29 is 4.39 Å². The first kappa shape index (κ1) is 19.9. The lowest BCUT2D eigenvalue weighted by Crippen LogP contribution is -2.33. The highest BCUT2D eigenvalue weighted by Gasteiger charge is 2.37. The number of halogens is 1. The summed E-state index contributed by atoms with van der Waals surface area (Å²) in [5.74, 6) is -0.287. The number of rotatable bonds is 5. The van der Waals surface area contributed by atoms with Gasteiger partial charge < -0.3 is 0 Å². The largest absolute Gasteiger partial charge is 0.293 e. The van der Waals surface area contributed by atoms with E-state index in [4.69, 9.17) is 0 Å². The molecule has 0 saturated carbocycles. The van der Waals surface area contributed by atoms with Crippen LogP contribution in [0.4, 0.5) is 4.39 Å². The predicted molar refractivity (Wildman–Crippen MR) is 116 cm³/mol. The fourth-order valence-electron chi connectivity index (χ4n) is 4.60. The molecular formula is C22H30FN3S. The van der Waals surface area contributed by atoms with Crippen molar-refractivity contribution in [3.05, 3.63) is 48.3 Å². The van der Waals surface area contributed by atoms with Crippen molar-refractivity contribution in [1.29, 1.82) is 0 Å². The zero-order valence-corrected chi connectivity index (χ0v) is 18.1. The van der Waals surface area contributed by atoms with Crippen molar-refractivity contribution in [1.82, 2.24) is 13.9 Å². The molecule has 0 aliphatic rings. The first-order valence-electron chi connectivity index (χ1n) is 9.60. The summed E-state index contributed by atoms with van der Waals surface area (Å²) in [7, 11) is -1.21. The van der Waals surface area contributed by atoms with Gasteiger partial charge in [-0.15, -0.1) is 0 Å². The van der Waals surface area contributed by atoms with Crippen LogP contribution < -0.4 is 0 Å². The molecule has 0 saturated heterocycles. The van der Waals surface area contributed by atoms with Crippen LogP contribution in [0, 0.1) is 12.7 Å². The number of aromatic nitrogens is 3. The molecule has 0 aliphatic carbocycles. The second-order valence-electron chi connectivity index (χ2n) is 7.92. The normalized spacial score (nSPS) is 13.3. The fourth-order valence-corrected chi connectivity index (χ4v) is 9.95. The van der Waals surface area contributed by atoms with E-state index in [1.54, 1.807) is 6.20 Å². The third-order valence-electron chi connectivity index (χ3n) is 5.43. The van der Waals surface area contributed by atoms with Crippen molar-refractivity contribution >= 4 is 21.2 Å². The van der Waals surface area contributed by atoms with Gasteiger partial charge in [0, 0.05) is 44.8 Å². The summed E-state index contributed by atoms with van der Waals surface area (Å²) in [6, 6.07) is 5.84. The maximum Gasteiger partial charge on any atom is 0.150 e. The minimum atomic E-state index is -1.21. The van der Waals surface area contributed by atoms with Crippen molar-refractivity contribution in [2.24, 2.45) is 0 Å². The smallest absolute Gasteiger partial charge is 0.150 e. The minimum absolute atomic E-state index is 0.287. The van der Waals surface area contributed by atoms with Crippen LogP contribution in [0.5, 0.6) is 0 Å². The van der Waals surface area contributed by atoms with E-state index in [2.05, 4.69) is 61.7 Å². The van der Waals surface area contributed by atoms with Crippen LogP contribution in [-0.2, 0) is 0 Å². The maximum atomic E-state index is 14.8. The Bertz CT molecular complexity index is 938. The molecule has 0 aromatic carbocycles. The highest BCUT2D eigenvalue weighted by Crippen LogP contribution is 2.62. The number of hydrogen-bond donors (Lipinski definition) is 0. The lowest BCUT2D eigenvalue weighted by Gasteiger charge is -2.52. The highest BCUT2D eigenvalue weighted by atomic mass is 32.3. The Morgan fingerprint density at radius 2 is 1.59 bits per heavy atom. The minimum Gasteiger partial charge on any atom is -0.293 e. The van der Waals surface area contributed by atoms with Gasteiger partial charge >= 0.3 is 0 Å². The monoisotopic (exact) mass is 387 g/mol. The van der Waals surface area contributed by atoms with E-state index >= 15 is 0 Å². The number of nitrogens with zero attached hydrogens (tertiary/aromatic N) is 3. The van der Waals surface area contributed by atoms with Crippen LogP contribution in [0.25, 0.3) is 22.2 Å². The molecule has 3 aromatic rings. The van der Waals surface area contributed by atoms with Gasteiger partial charge in [-0.2, -0.15) is 10.2 Å². The standard InChI is InChI=1S/C22H30FN3S/c1-14(2)27(15(3)4,16(5)6)26-11-9-19-21(20(23)13-25-22(19)26)18-8-10-24-17(7)12-18/h8-16H,1-7H3. The van der Waals surface area contributed by atoms with E-state index in [0.29, 0.717) is 21.3 Å². The summed E-state index contributed by atoms with van der Waals surface area (Å²) < 4.78 is 17.2. The molecule has 5 heteroatoms. The molecular weight excluding hydrogens is 357 g/mol. The number of fused-ring (bicyclic) bond motifs is 1. The van der Waals surface area contributed by atoms with Crippen molar-refractivity contribution in [3.63, 3.8) is 0 Å². The maximum absolute atomic E-state index is 14.8. The Morgan fingerprint density at radius 1 is 0.963 bits per heavy atom. The van der Waals surface area contributed by atoms with E-state index < -0.39 is 10.2 Å². The Morgan fingerprint density at radius 3 is 2.15 bits per heavy atom. The lowest BCUT2D eigenvalue weighted by atomic mass is 10.0. The second-order valence-corrected chi connectivity index (χ2v) is 12.6. The molecule has 0 atom stereocenters. The van der Waals surface area contributed by atoms with Gasteiger partial charge in [-0.25, -0.2) is 9.37 Å². The van der Waals surface area contributed by atoms with Crippen LogP contribution in [0.2, 0.25) is 0 Å². The molecule has 0 aliphatic heterocycles. The molecule has 0 unspecified atom stereocenters. The predicted octanol–water partition coefficient (Wildman–Crippen LogP) is 6.34. The molecule has 27 heavy (non-hydrogen) atoms. The molecule has 0 fully saturated rings. The Balaban J connectivity index is 2.34. The van der Waals surface area contributed by atoms with Crippen molar-refractivity contribution in [2.75, 3.05) is 0 Å². The van der Waals surface area contributed by atoms with Crippen molar-refractivity contribution in [2.45, 2.75) is 64.2 Å². The average molecular weight is 388 g/mol. The molecule has 3 heterocycles. The molecule has 3 rings (SSSR count). The van der Waals surface area contributed by atoms with Gasteiger partial charge in [-0.05, 0) is 30.7 Å². The lowest BCUT2D eigenvalue weighted by molar-refractivity contribution is 0.627. The summed E-state index contributed by atoms with van der Waals surface area (Å²) in [6.45, 7) is 15.7. The average Bonchev–Trinajstić information content (AvgIpc) is 2.98. The number of aryl methyl sites for hydroxylation is 1. The topological polar surface area (TPSA) is 30.7 Å². The molecule has 0 bridgehead atoms. The van der Waals surface area contributed by atoms with Gasteiger partial charge in [0.2, 0.25) is 0 Å². The summed E-state index contributed by atoms with van der Waals surface area (Å²) >= 11 is 0. The van der Waals surface area contributed by atoms with Gasteiger partial charge in [0.1, 0.15) is 11.5 Å². The first-order chi connectivity index (χ1) is 12.7. The molecule has 0 spiro atoms. The zero-order valence-electron chi connectivity index (χ0n) is 17.3. The van der Waals surface area contributed by atoms with Crippen LogP contribution in [-0.4, -0.2) is 29.7 Å². The molecule has 0 amide bonds. The summed E-state index contributed by atoms with van der Waals surface area (Å²) in [5.41, 5.74) is 3.23. The Kier molecular flexibility index (Phi) is 5.35. The molecule has 3 aromatic heterocycles. The first-order valence-corrected chi connectivity index (χ1v) is 11.4. The van der Waals surface area contributed by atoms with Crippen LogP contribution >= 0.6 is 10.2 Å². The summed E-state index contributed by atoms with van der Waals surface area (Å²) in [6.07, 6.45) is 5.23. The van der Waals surface area contributed by atoms with Gasteiger partial charge in [-0.3, -0.25) is 8.96 Å². The summed E-state index contributed by atoms with van der Waals surface area (Å²) in [4.78, 5) is 8.81. The van der Waals surface area contributed by atoms with Gasteiger partial charge in [0.05, 0.1) is 6.20 Å². The Labute approximate surface area is 163 Å². The Hall–Kier alpha value is -1.88. The van der Waals surface area contributed by atoms with Gasteiger partial charge in [0.15, 0.2) is 0 Å². The highest BCUT2D eigenvalue weighted by molar-refractivity contribution is 8.33.